The Kier molecular flexibility index (Phi) is 8.16. The van der Waals surface area contributed by atoms with E-state index in [0.29, 0.717) is 11.5 Å². The second kappa shape index (κ2) is 10.4. The first kappa shape index (κ1) is 20.5. The van der Waals surface area contributed by atoms with Crippen LogP contribution in [0.25, 0.3) is 0 Å². The van der Waals surface area contributed by atoms with Crippen LogP contribution in [0.3, 0.4) is 0 Å². The number of ether oxygens (including phenoxy) is 1. The SMILES string of the molecule is CSc1ccc(C(=O)CCC(=O)OCC(=O)N[C@H]2CCCC[C@H]2C)cc1. The lowest BCUT2D eigenvalue weighted by atomic mass is 9.86. The molecule has 1 aromatic rings. The molecule has 1 fully saturated rings. The third kappa shape index (κ3) is 6.48. The standard InChI is InChI=1S/C20H27NO4S/c1-14-5-3-4-6-17(14)21-19(23)13-25-20(24)12-11-18(22)15-7-9-16(26-2)10-8-15/h7-10,14,17H,3-6,11-13H2,1-2H3,(H,21,23)/t14-,17+/m1/s1. The second-order valence-electron chi connectivity index (χ2n) is 6.75. The monoisotopic (exact) mass is 377 g/mol. The van der Waals surface area contributed by atoms with Gasteiger partial charge < -0.3 is 10.1 Å². The quantitative estimate of drug-likeness (QED) is 0.426. The lowest BCUT2D eigenvalue weighted by Crippen LogP contribution is -2.42. The highest BCUT2D eigenvalue weighted by Crippen LogP contribution is 2.23. The molecule has 1 aliphatic carbocycles. The molecule has 0 saturated heterocycles. The Bertz CT molecular complexity index is 629. The largest absolute Gasteiger partial charge is 0.456 e. The van der Waals surface area contributed by atoms with Gasteiger partial charge in [0.1, 0.15) is 0 Å². The van der Waals surface area contributed by atoms with E-state index < -0.39 is 5.97 Å². The van der Waals surface area contributed by atoms with Crippen LogP contribution in [0.4, 0.5) is 0 Å². The van der Waals surface area contributed by atoms with Gasteiger partial charge >= 0.3 is 5.97 Å². The van der Waals surface area contributed by atoms with Gasteiger partial charge in [0.25, 0.3) is 5.91 Å². The molecule has 6 heteroatoms. The minimum Gasteiger partial charge on any atom is -0.456 e. The Hall–Kier alpha value is -1.82. The van der Waals surface area contributed by atoms with Gasteiger partial charge in [0.05, 0.1) is 6.42 Å². The number of ketones is 1. The van der Waals surface area contributed by atoms with E-state index in [1.165, 1.54) is 6.42 Å². The van der Waals surface area contributed by atoms with Crippen LogP contribution in [0.5, 0.6) is 0 Å². The first-order valence-corrected chi connectivity index (χ1v) is 10.3. The van der Waals surface area contributed by atoms with Gasteiger partial charge in [-0.2, -0.15) is 0 Å². The Balaban J connectivity index is 1.67. The molecule has 1 N–H and O–H groups in total. The van der Waals surface area contributed by atoms with Crippen LogP contribution in [-0.2, 0) is 14.3 Å². The van der Waals surface area contributed by atoms with Crippen LogP contribution >= 0.6 is 11.8 Å². The molecule has 0 radical (unpaired) electrons. The van der Waals surface area contributed by atoms with E-state index in [-0.39, 0.29) is 37.2 Å². The highest BCUT2D eigenvalue weighted by molar-refractivity contribution is 7.98. The molecule has 0 spiro atoms. The summed E-state index contributed by atoms with van der Waals surface area (Å²) in [6.45, 7) is 1.85. The molecular weight excluding hydrogens is 350 g/mol. The molecule has 1 aromatic carbocycles. The van der Waals surface area contributed by atoms with Gasteiger partial charge in [-0.05, 0) is 37.1 Å². The van der Waals surface area contributed by atoms with Gasteiger partial charge in [0.2, 0.25) is 0 Å². The Morgan fingerprint density at radius 2 is 1.81 bits per heavy atom. The summed E-state index contributed by atoms with van der Waals surface area (Å²) in [5, 5.41) is 2.94. The van der Waals surface area contributed by atoms with E-state index in [2.05, 4.69) is 12.2 Å². The topological polar surface area (TPSA) is 72.5 Å². The minimum atomic E-state index is -0.522. The predicted molar refractivity (Wildman–Crippen MR) is 102 cm³/mol. The number of rotatable bonds is 8. The third-order valence-electron chi connectivity index (χ3n) is 4.79. The molecule has 26 heavy (non-hydrogen) atoms. The van der Waals surface area contributed by atoms with Crippen LogP contribution in [0.15, 0.2) is 29.2 Å². The average molecular weight is 378 g/mol. The summed E-state index contributed by atoms with van der Waals surface area (Å²) in [6.07, 6.45) is 6.45. The van der Waals surface area contributed by atoms with Crippen molar-refractivity contribution >= 4 is 29.4 Å². The molecule has 142 valence electrons. The van der Waals surface area contributed by atoms with Gasteiger partial charge in [-0.25, -0.2) is 0 Å². The number of carbonyl (C=O) groups excluding carboxylic acids is 3. The van der Waals surface area contributed by atoms with Crippen molar-refractivity contribution in [3.8, 4) is 0 Å². The molecule has 0 heterocycles. The van der Waals surface area contributed by atoms with E-state index >= 15 is 0 Å². The summed E-state index contributed by atoms with van der Waals surface area (Å²) in [4.78, 5) is 36.9. The molecule has 2 atom stereocenters. The molecular formula is C20H27NO4S. The zero-order valence-corrected chi connectivity index (χ0v) is 16.3. The van der Waals surface area contributed by atoms with Gasteiger partial charge in [-0.3, -0.25) is 14.4 Å². The Morgan fingerprint density at radius 3 is 2.46 bits per heavy atom. The summed E-state index contributed by atoms with van der Waals surface area (Å²) in [6, 6.07) is 7.46. The van der Waals surface area contributed by atoms with Crippen LogP contribution < -0.4 is 5.32 Å². The zero-order valence-electron chi connectivity index (χ0n) is 15.5. The van der Waals surface area contributed by atoms with Crippen molar-refractivity contribution in [2.75, 3.05) is 12.9 Å². The van der Waals surface area contributed by atoms with Crippen LogP contribution in [0, 0.1) is 5.92 Å². The van der Waals surface area contributed by atoms with Crippen molar-refractivity contribution in [2.45, 2.75) is 56.4 Å². The van der Waals surface area contributed by atoms with Crippen molar-refractivity contribution in [1.29, 1.82) is 0 Å². The molecule has 2 rings (SSSR count). The summed E-state index contributed by atoms with van der Waals surface area (Å²) < 4.78 is 5.00. The predicted octanol–water partition coefficient (Wildman–Crippen LogP) is 3.61. The smallest absolute Gasteiger partial charge is 0.306 e. The van der Waals surface area contributed by atoms with Gasteiger partial charge in [0, 0.05) is 22.9 Å². The average Bonchev–Trinajstić information content (AvgIpc) is 2.66. The molecule has 0 aromatic heterocycles. The van der Waals surface area contributed by atoms with E-state index in [1.807, 2.05) is 18.4 Å². The molecule has 0 bridgehead atoms. The highest BCUT2D eigenvalue weighted by Gasteiger charge is 2.23. The molecule has 0 unspecified atom stereocenters. The summed E-state index contributed by atoms with van der Waals surface area (Å²) in [5.41, 5.74) is 0.583. The summed E-state index contributed by atoms with van der Waals surface area (Å²) >= 11 is 1.61. The van der Waals surface area contributed by atoms with E-state index in [0.717, 1.165) is 24.2 Å². The summed E-state index contributed by atoms with van der Waals surface area (Å²) in [7, 11) is 0. The highest BCUT2D eigenvalue weighted by atomic mass is 32.2. The first-order valence-electron chi connectivity index (χ1n) is 9.12. The minimum absolute atomic E-state index is 0.0176. The Morgan fingerprint density at radius 1 is 1.12 bits per heavy atom. The van der Waals surface area contributed by atoms with Crippen molar-refractivity contribution < 1.29 is 19.1 Å². The van der Waals surface area contributed by atoms with Gasteiger partial charge in [-0.1, -0.05) is 31.9 Å². The number of hydrogen-bond acceptors (Lipinski definition) is 5. The van der Waals surface area contributed by atoms with Crippen molar-refractivity contribution in [1.82, 2.24) is 5.32 Å². The maximum atomic E-state index is 12.1. The fourth-order valence-corrected chi connectivity index (χ4v) is 3.54. The molecule has 1 amide bonds. The number of carbonyl (C=O) groups is 3. The van der Waals surface area contributed by atoms with Crippen molar-refractivity contribution in [3.63, 3.8) is 0 Å². The van der Waals surface area contributed by atoms with E-state index in [1.54, 1.807) is 23.9 Å². The second-order valence-corrected chi connectivity index (χ2v) is 7.63. The summed E-state index contributed by atoms with van der Waals surface area (Å²) in [5.74, 6) is -0.435. The third-order valence-corrected chi connectivity index (χ3v) is 5.53. The van der Waals surface area contributed by atoms with E-state index in [9.17, 15) is 14.4 Å². The first-order chi connectivity index (χ1) is 12.5. The van der Waals surface area contributed by atoms with Crippen LogP contribution in [0.1, 0.15) is 55.8 Å². The number of thioether (sulfide) groups is 1. The number of esters is 1. The lowest BCUT2D eigenvalue weighted by molar-refractivity contribution is -0.148. The van der Waals surface area contributed by atoms with Crippen LogP contribution in [-0.4, -0.2) is 36.6 Å². The van der Waals surface area contributed by atoms with Crippen molar-refractivity contribution in [3.05, 3.63) is 29.8 Å². The molecule has 5 nitrogen and oxygen atoms in total. The Labute approximate surface area is 159 Å². The number of amides is 1. The van der Waals surface area contributed by atoms with Gasteiger partial charge in [0.15, 0.2) is 12.4 Å². The maximum absolute atomic E-state index is 12.1. The fraction of sp³-hybridized carbons (Fsp3) is 0.550. The number of nitrogens with one attached hydrogen (secondary N) is 1. The fourth-order valence-electron chi connectivity index (χ4n) is 3.13. The molecule has 0 aliphatic heterocycles. The zero-order chi connectivity index (χ0) is 18.9. The maximum Gasteiger partial charge on any atom is 0.306 e. The number of hydrogen-bond donors (Lipinski definition) is 1. The molecule has 1 aliphatic rings. The number of Topliss-reactive ketones (excluding diaryl/α,β-unsaturated/α-hetero) is 1. The number of benzene rings is 1. The molecule has 1 saturated carbocycles. The van der Waals surface area contributed by atoms with Crippen LogP contribution in [0.2, 0.25) is 0 Å². The van der Waals surface area contributed by atoms with E-state index in [4.69, 9.17) is 4.74 Å². The van der Waals surface area contributed by atoms with Gasteiger partial charge in [-0.15, -0.1) is 11.8 Å². The lowest BCUT2D eigenvalue weighted by Gasteiger charge is -2.29. The normalized spacial score (nSPS) is 19.6. The van der Waals surface area contributed by atoms with Crippen molar-refractivity contribution in [2.24, 2.45) is 5.92 Å².